The molecule has 124 valence electrons. The van der Waals surface area contributed by atoms with Gasteiger partial charge < -0.3 is 9.05 Å². The second-order valence-corrected chi connectivity index (χ2v) is 7.70. The summed E-state index contributed by atoms with van der Waals surface area (Å²) in [6, 6.07) is 20.9. The lowest BCUT2D eigenvalue weighted by Crippen LogP contribution is -2.33. The minimum Gasteiger partial charge on any atom is -0.327 e. The Kier molecular flexibility index (Phi) is 4.53. The van der Waals surface area contributed by atoms with Crippen molar-refractivity contribution in [3.05, 3.63) is 76.9 Å². The van der Waals surface area contributed by atoms with Crippen LogP contribution in [0.5, 0.6) is 0 Å². The van der Waals surface area contributed by atoms with Crippen molar-refractivity contribution < 1.29 is 4.48 Å². The van der Waals surface area contributed by atoms with E-state index in [2.05, 4.69) is 81.2 Å². The molecule has 24 heavy (non-hydrogen) atoms. The van der Waals surface area contributed by atoms with Crippen LogP contribution in [0, 0.1) is 6.92 Å². The van der Waals surface area contributed by atoms with Crippen molar-refractivity contribution in [2.75, 3.05) is 21.1 Å². The number of hydrogen-bond donors (Lipinski definition) is 0. The van der Waals surface area contributed by atoms with Gasteiger partial charge >= 0.3 is 0 Å². The van der Waals surface area contributed by atoms with Gasteiger partial charge in [-0.2, -0.15) is 0 Å². The van der Waals surface area contributed by atoms with Crippen LogP contribution >= 0.6 is 11.6 Å². The van der Waals surface area contributed by atoms with E-state index in [1.54, 1.807) is 0 Å². The number of rotatable bonds is 4. The predicted molar refractivity (Wildman–Crippen MR) is 103 cm³/mol. The molecule has 0 saturated carbocycles. The molecule has 3 rings (SSSR count). The van der Waals surface area contributed by atoms with Crippen LogP contribution in [0.15, 0.2) is 60.7 Å². The quantitative estimate of drug-likeness (QED) is 0.567. The Hall–Kier alpha value is -2.03. The highest BCUT2D eigenvalue weighted by molar-refractivity contribution is 6.30. The van der Waals surface area contributed by atoms with Gasteiger partial charge in [0, 0.05) is 22.0 Å². The molecule has 0 radical (unpaired) electrons. The Bertz CT molecular complexity index is 825. The molecule has 1 aromatic heterocycles. The third-order valence-electron chi connectivity index (χ3n) is 4.15. The lowest BCUT2D eigenvalue weighted by atomic mass is 10.1. The van der Waals surface area contributed by atoms with Crippen molar-refractivity contribution in [3.63, 3.8) is 0 Å². The van der Waals surface area contributed by atoms with Gasteiger partial charge in [0.25, 0.3) is 0 Å². The number of quaternary nitrogens is 1. The molecule has 1 heterocycles. The zero-order chi connectivity index (χ0) is 17.3. The average Bonchev–Trinajstić information content (AvgIpc) is 2.84. The molecule has 0 atom stereocenters. The Morgan fingerprint density at radius 2 is 1.54 bits per heavy atom. The van der Waals surface area contributed by atoms with E-state index < -0.39 is 0 Å². The van der Waals surface area contributed by atoms with Crippen LogP contribution in [-0.4, -0.2) is 30.2 Å². The number of benzene rings is 2. The third kappa shape index (κ3) is 3.55. The summed E-state index contributed by atoms with van der Waals surface area (Å²) in [5.74, 6) is 0. The molecule has 0 bridgehead atoms. The van der Waals surface area contributed by atoms with Crippen molar-refractivity contribution in [1.82, 2.24) is 4.57 Å². The van der Waals surface area contributed by atoms with Gasteiger partial charge in [0.1, 0.15) is 6.54 Å². The molecule has 2 aromatic carbocycles. The van der Waals surface area contributed by atoms with Crippen molar-refractivity contribution in [3.8, 4) is 16.9 Å². The van der Waals surface area contributed by atoms with E-state index in [9.17, 15) is 0 Å². The molecule has 3 aromatic rings. The maximum atomic E-state index is 6.08. The summed E-state index contributed by atoms with van der Waals surface area (Å²) in [5, 5.41) is 0.761. The standard InChI is InChI=1S/C21H24ClN2/c1-16-18(15-24(2,3)4)14-21(17-8-6-5-7-9-17)23(16)20-12-10-19(22)11-13-20/h5-14H,15H2,1-4H3/q+1. The Morgan fingerprint density at radius 3 is 2.12 bits per heavy atom. The minimum atomic E-state index is 0.761. The Labute approximate surface area is 149 Å². The maximum absolute atomic E-state index is 6.08. The predicted octanol–water partition coefficient (Wildman–Crippen LogP) is 5.31. The summed E-state index contributed by atoms with van der Waals surface area (Å²) in [7, 11) is 6.67. The van der Waals surface area contributed by atoms with Gasteiger partial charge in [-0.15, -0.1) is 0 Å². The van der Waals surface area contributed by atoms with Crippen LogP contribution in [0.1, 0.15) is 11.3 Å². The first kappa shape index (κ1) is 16.8. The summed E-state index contributed by atoms with van der Waals surface area (Å²) >= 11 is 6.08. The van der Waals surface area contributed by atoms with E-state index >= 15 is 0 Å². The fourth-order valence-electron chi connectivity index (χ4n) is 3.07. The number of aromatic nitrogens is 1. The molecule has 0 aliphatic rings. The van der Waals surface area contributed by atoms with Crippen LogP contribution < -0.4 is 0 Å². The van der Waals surface area contributed by atoms with Gasteiger partial charge in [-0.3, -0.25) is 0 Å². The Morgan fingerprint density at radius 1 is 0.917 bits per heavy atom. The molecule has 0 unspecified atom stereocenters. The van der Waals surface area contributed by atoms with Crippen LogP contribution in [0.25, 0.3) is 16.9 Å². The van der Waals surface area contributed by atoms with Gasteiger partial charge in [-0.25, -0.2) is 0 Å². The largest absolute Gasteiger partial charge is 0.327 e. The van der Waals surface area contributed by atoms with Crippen LogP contribution in [0.3, 0.4) is 0 Å². The van der Waals surface area contributed by atoms with Crippen molar-refractivity contribution in [2.24, 2.45) is 0 Å². The monoisotopic (exact) mass is 339 g/mol. The average molecular weight is 340 g/mol. The molecular weight excluding hydrogens is 316 g/mol. The number of nitrogens with zero attached hydrogens (tertiary/aromatic N) is 2. The normalized spacial score (nSPS) is 11.7. The number of halogens is 1. The lowest BCUT2D eigenvalue weighted by Gasteiger charge is -2.23. The van der Waals surface area contributed by atoms with Gasteiger partial charge in [-0.05, 0) is 42.8 Å². The first-order chi connectivity index (χ1) is 11.3. The fraction of sp³-hybridized carbons (Fsp3) is 0.238. The molecule has 0 aliphatic heterocycles. The smallest absolute Gasteiger partial charge is 0.106 e. The van der Waals surface area contributed by atoms with Crippen LogP contribution in [-0.2, 0) is 6.54 Å². The van der Waals surface area contributed by atoms with Crippen LogP contribution in [0.4, 0.5) is 0 Å². The SMILES string of the molecule is Cc1c(C[N+](C)(C)C)cc(-c2ccccc2)n1-c1ccc(Cl)cc1. The highest BCUT2D eigenvalue weighted by Gasteiger charge is 2.19. The second-order valence-electron chi connectivity index (χ2n) is 7.27. The second kappa shape index (κ2) is 6.46. The summed E-state index contributed by atoms with van der Waals surface area (Å²) in [4.78, 5) is 0. The first-order valence-corrected chi connectivity index (χ1v) is 8.56. The zero-order valence-corrected chi connectivity index (χ0v) is 15.5. The zero-order valence-electron chi connectivity index (χ0n) is 14.8. The third-order valence-corrected chi connectivity index (χ3v) is 4.40. The summed E-state index contributed by atoms with van der Waals surface area (Å²) in [6.45, 7) is 3.19. The minimum absolute atomic E-state index is 0.761. The van der Waals surface area contributed by atoms with Gasteiger partial charge in [0.05, 0.1) is 26.8 Å². The topological polar surface area (TPSA) is 4.93 Å². The summed E-state index contributed by atoms with van der Waals surface area (Å²) in [5.41, 5.74) is 6.24. The van der Waals surface area contributed by atoms with E-state index in [0.29, 0.717) is 0 Å². The van der Waals surface area contributed by atoms with Gasteiger partial charge in [-0.1, -0.05) is 41.9 Å². The van der Waals surface area contributed by atoms with E-state index in [0.717, 1.165) is 21.7 Å². The molecule has 2 nitrogen and oxygen atoms in total. The molecular formula is C21H24ClN2+. The van der Waals surface area contributed by atoms with Crippen molar-refractivity contribution >= 4 is 11.6 Å². The molecule has 0 spiro atoms. The van der Waals surface area contributed by atoms with E-state index in [-0.39, 0.29) is 0 Å². The molecule has 3 heteroatoms. The first-order valence-electron chi connectivity index (χ1n) is 8.18. The van der Waals surface area contributed by atoms with Crippen molar-refractivity contribution in [2.45, 2.75) is 13.5 Å². The maximum Gasteiger partial charge on any atom is 0.106 e. The summed E-state index contributed by atoms with van der Waals surface area (Å²) < 4.78 is 3.23. The number of hydrogen-bond acceptors (Lipinski definition) is 0. The van der Waals surface area contributed by atoms with E-state index in [4.69, 9.17) is 11.6 Å². The fourth-order valence-corrected chi connectivity index (χ4v) is 3.20. The van der Waals surface area contributed by atoms with E-state index in [1.165, 1.54) is 22.5 Å². The van der Waals surface area contributed by atoms with Crippen molar-refractivity contribution in [1.29, 1.82) is 0 Å². The van der Waals surface area contributed by atoms with E-state index in [1.807, 2.05) is 12.1 Å². The van der Waals surface area contributed by atoms with Crippen LogP contribution in [0.2, 0.25) is 5.02 Å². The highest BCUT2D eigenvalue weighted by Crippen LogP contribution is 2.31. The van der Waals surface area contributed by atoms with Gasteiger partial charge in [0.15, 0.2) is 0 Å². The molecule has 0 aliphatic carbocycles. The highest BCUT2D eigenvalue weighted by atomic mass is 35.5. The molecule has 0 N–H and O–H groups in total. The molecule has 0 fully saturated rings. The Balaban J connectivity index is 2.19. The lowest BCUT2D eigenvalue weighted by molar-refractivity contribution is -0.884. The summed E-state index contributed by atoms with van der Waals surface area (Å²) in [6.07, 6.45) is 0. The molecule has 0 saturated heterocycles. The van der Waals surface area contributed by atoms with Gasteiger partial charge in [0.2, 0.25) is 0 Å². The molecule has 0 amide bonds.